The Morgan fingerprint density at radius 2 is 2.17 bits per heavy atom. The number of hydrogen-bond donors (Lipinski definition) is 1. The molecule has 0 saturated carbocycles. The van der Waals surface area contributed by atoms with E-state index in [1.165, 1.54) is 12.8 Å². The van der Waals surface area contributed by atoms with Gasteiger partial charge in [-0.05, 0) is 38.2 Å². The van der Waals surface area contributed by atoms with E-state index >= 15 is 0 Å². The highest BCUT2D eigenvalue weighted by Gasteiger charge is 2.15. The van der Waals surface area contributed by atoms with Gasteiger partial charge in [0, 0.05) is 19.1 Å². The summed E-state index contributed by atoms with van der Waals surface area (Å²) >= 11 is 0. The predicted octanol–water partition coefficient (Wildman–Crippen LogP) is 2.83. The first-order chi connectivity index (χ1) is 8.83. The van der Waals surface area contributed by atoms with Crippen LogP contribution >= 0.6 is 0 Å². The van der Waals surface area contributed by atoms with Gasteiger partial charge in [0.1, 0.15) is 0 Å². The van der Waals surface area contributed by atoms with Gasteiger partial charge in [-0.1, -0.05) is 18.6 Å². The number of unbranched alkanes of at least 4 members (excludes halogenated alkanes) is 4. The molecule has 3 nitrogen and oxygen atoms in total. The van der Waals surface area contributed by atoms with Gasteiger partial charge in [0.15, 0.2) is 0 Å². The van der Waals surface area contributed by atoms with Crippen molar-refractivity contribution in [2.45, 2.75) is 38.5 Å². The summed E-state index contributed by atoms with van der Waals surface area (Å²) in [5, 5.41) is 2.92. The lowest BCUT2D eigenvalue weighted by Gasteiger charge is -2.07. The third-order valence-corrected chi connectivity index (χ3v) is 3.14. The van der Waals surface area contributed by atoms with Crippen molar-refractivity contribution in [3.63, 3.8) is 0 Å². The van der Waals surface area contributed by atoms with Gasteiger partial charge in [-0.25, -0.2) is 0 Å². The maximum Gasteiger partial charge on any atom is 0.243 e. The Labute approximate surface area is 110 Å². The van der Waals surface area contributed by atoms with E-state index < -0.39 is 0 Å². The fourth-order valence-corrected chi connectivity index (χ4v) is 1.97. The van der Waals surface area contributed by atoms with E-state index in [2.05, 4.69) is 11.9 Å². The van der Waals surface area contributed by atoms with Crippen molar-refractivity contribution >= 4 is 5.91 Å². The summed E-state index contributed by atoms with van der Waals surface area (Å²) in [6, 6.07) is 0. The average molecular weight is 251 g/mol. The largest absolute Gasteiger partial charge is 0.381 e. The number of ether oxygens (including phenoxy) is 1. The number of allylic oxidation sites excluding steroid dienone is 2. The summed E-state index contributed by atoms with van der Waals surface area (Å²) < 4.78 is 5.26. The maximum absolute atomic E-state index is 11.5. The summed E-state index contributed by atoms with van der Waals surface area (Å²) in [5.74, 6) is 0.522. The standard InChI is InChI=1S/C15H25NO2/c1-2-3-4-5-6-7-8-9-15(17)16-12-14-10-11-18-13-14/h2,8-9,14H,1,3-7,10-13H2,(H,16,17)/b9-8+. The van der Waals surface area contributed by atoms with Crippen LogP contribution in [0.15, 0.2) is 24.8 Å². The summed E-state index contributed by atoms with van der Waals surface area (Å²) in [5.41, 5.74) is 0. The van der Waals surface area contributed by atoms with Gasteiger partial charge >= 0.3 is 0 Å². The van der Waals surface area contributed by atoms with Crippen molar-refractivity contribution in [3.8, 4) is 0 Å². The second-order valence-electron chi connectivity index (χ2n) is 4.80. The number of amides is 1. The third-order valence-electron chi connectivity index (χ3n) is 3.14. The molecule has 1 amide bonds. The van der Waals surface area contributed by atoms with E-state index in [0.717, 1.165) is 45.4 Å². The summed E-state index contributed by atoms with van der Waals surface area (Å²) in [6.07, 6.45) is 12.3. The molecule has 0 aromatic rings. The second kappa shape index (κ2) is 9.89. The van der Waals surface area contributed by atoms with Crippen LogP contribution < -0.4 is 5.32 Å². The molecule has 1 heterocycles. The normalized spacial score (nSPS) is 19.2. The van der Waals surface area contributed by atoms with Crippen molar-refractivity contribution in [3.05, 3.63) is 24.8 Å². The lowest BCUT2D eigenvalue weighted by molar-refractivity contribution is -0.116. The van der Waals surface area contributed by atoms with Gasteiger partial charge in [0.2, 0.25) is 5.91 Å². The second-order valence-corrected chi connectivity index (χ2v) is 4.80. The van der Waals surface area contributed by atoms with Crippen LogP contribution in [0.3, 0.4) is 0 Å². The van der Waals surface area contributed by atoms with E-state index in [1.54, 1.807) is 6.08 Å². The molecule has 1 rings (SSSR count). The first kappa shape index (κ1) is 15.0. The van der Waals surface area contributed by atoms with Gasteiger partial charge in [-0.2, -0.15) is 0 Å². The monoisotopic (exact) mass is 251 g/mol. The molecule has 1 unspecified atom stereocenters. The Bertz CT molecular complexity index is 268. The zero-order valence-corrected chi connectivity index (χ0v) is 11.2. The zero-order valence-electron chi connectivity index (χ0n) is 11.2. The molecule has 0 aromatic heterocycles. The van der Waals surface area contributed by atoms with Crippen molar-refractivity contribution in [1.29, 1.82) is 0 Å². The van der Waals surface area contributed by atoms with E-state index in [-0.39, 0.29) is 5.91 Å². The Kier molecular flexibility index (Phi) is 8.23. The lowest BCUT2D eigenvalue weighted by atomic mass is 10.1. The Balaban J connectivity index is 1.95. The quantitative estimate of drug-likeness (QED) is 0.389. The molecule has 0 aliphatic carbocycles. The summed E-state index contributed by atoms with van der Waals surface area (Å²) in [7, 11) is 0. The van der Waals surface area contributed by atoms with Crippen LogP contribution in [-0.2, 0) is 9.53 Å². The molecule has 1 aliphatic heterocycles. The molecule has 0 radical (unpaired) electrons. The smallest absolute Gasteiger partial charge is 0.243 e. The van der Waals surface area contributed by atoms with E-state index in [1.807, 2.05) is 12.2 Å². The van der Waals surface area contributed by atoms with Gasteiger partial charge < -0.3 is 10.1 Å². The first-order valence-corrected chi connectivity index (χ1v) is 6.96. The van der Waals surface area contributed by atoms with Gasteiger partial charge in [0.05, 0.1) is 6.61 Å². The number of carbonyl (C=O) groups is 1. The number of rotatable bonds is 9. The van der Waals surface area contributed by atoms with Crippen LogP contribution in [0.1, 0.15) is 38.5 Å². The molecule has 0 bridgehead atoms. The molecule has 1 aliphatic rings. The molecule has 1 fully saturated rings. The highest BCUT2D eigenvalue weighted by atomic mass is 16.5. The highest BCUT2D eigenvalue weighted by molar-refractivity contribution is 5.87. The van der Waals surface area contributed by atoms with E-state index in [0.29, 0.717) is 5.92 Å². The molecule has 1 N–H and O–H groups in total. The number of nitrogens with one attached hydrogen (secondary N) is 1. The molecule has 0 spiro atoms. The summed E-state index contributed by atoms with van der Waals surface area (Å²) in [4.78, 5) is 11.5. The lowest BCUT2D eigenvalue weighted by Crippen LogP contribution is -2.27. The molecule has 18 heavy (non-hydrogen) atoms. The van der Waals surface area contributed by atoms with Gasteiger partial charge in [0.25, 0.3) is 0 Å². The van der Waals surface area contributed by atoms with Crippen LogP contribution in [0.4, 0.5) is 0 Å². The molecule has 1 saturated heterocycles. The first-order valence-electron chi connectivity index (χ1n) is 6.96. The Hall–Kier alpha value is -1.09. The maximum atomic E-state index is 11.5. The molecule has 1 atom stereocenters. The van der Waals surface area contributed by atoms with Crippen molar-refractivity contribution in [2.24, 2.45) is 5.92 Å². The van der Waals surface area contributed by atoms with Crippen LogP contribution in [-0.4, -0.2) is 25.7 Å². The van der Waals surface area contributed by atoms with Crippen LogP contribution in [0.25, 0.3) is 0 Å². The average Bonchev–Trinajstić information content (AvgIpc) is 2.88. The van der Waals surface area contributed by atoms with Gasteiger partial charge in [-0.3, -0.25) is 4.79 Å². The Morgan fingerprint density at radius 3 is 2.89 bits per heavy atom. The number of hydrogen-bond acceptors (Lipinski definition) is 2. The third kappa shape index (κ3) is 7.28. The highest BCUT2D eigenvalue weighted by Crippen LogP contribution is 2.10. The van der Waals surface area contributed by atoms with Crippen LogP contribution in [0.2, 0.25) is 0 Å². The zero-order chi connectivity index (χ0) is 13.1. The molecular weight excluding hydrogens is 226 g/mol. The van der Waals surface area contributed by atoms with Crippen molar-refractivity contribution in [1.82, 2.24) is 5.32 Å². The fraction of sp³-hybridized carbons (Fsp3) is 0.667. The van der Waals surface area contributed by atoms with Gasteiger partial charge in [-0.15, -0.1) is 6.58 Å². The minimum Gasteiger partial charge on any atom is -0.381 e. The molecule has 0 aromatic carbocycles. The summed E-state index contributed by atoms with van der Waals surface area (Å²) in [6.45, 7) is 6.05. The molecular formula is C15H25NO2. The van der Waals surface area contributed by atoms with Crippen LogP contribution in [0.5, 0.6) is 0 Å². The van der Waals surface area contributed by atoms with Crippen molar-refractivity contribution < 1.29 is 9.53 Å². The topological polar surface area (TPSA) is 38.3 Å². The fourth-order valence-electron chi connectivity index (χ4n) is 1.97. The van der Waals surface area contributed by atoms with Crippen molar-refractivity contribution in [2.75, 3.05) is 19.8 Å². The number of carbonyl (C=O) groups excluding carboxylic acids is 1. The minimum absolute atomic E-state index is 0.0213. The molecule has 102 valence electrons. The van der Waals surface area contributed by atoms with E-state index in [9.17, 15) is 4.79 Å². The van der Waals surface area contributed by atoms with Crippen LogP contribution in [0, 0.1) is 5.92 Å². The minimum atomic E-state index is 0.0213. The van der Waals surface area contributed by atoms with E-state index in [4.69, 9.17) is 4.74 Å². The Morgan fingerprint density at radius 1 is 1.33 bits per heavy atom. The molecule has 3 heteroatoms. The SMILES string of the molecule is C=CCCCCC/C=C/C(=O)NCC1CCOC1. The predicted molar refractivity (Wildman–Crippen MR) is 74.4 cm³/mol.